The predicted molar refractivity (Wildman–Crippen MR) is 86.9 cm³/mol. The zero-order valence-electron chi connectivity index (χ0n) is 13.4. The average Bonchev–Trinajstić information content (AvgIpc) is 2.96. The Morgan fingerprint density at radius 3 is 3.00 bits per heavy atom. The first-order chi connectivity index (χ1) is 10.7. The molecule has 0 saturated carbocycles. The molecule has 2 fully saturated rings. The highest BCUT2D eigenvalue weighted by molar-refractivity contribution is 5.89. The zero-order valence-corrected chi connectivity index (χ0v) is 13.4. The van der Waals surface area contributed by atoms with Crippen LogP contribution < -0.4 is 10.6 Å². The maximum Gasteiger partial charge on any atom is 0.221 e. The molecule has 1 aromatic rings. The number of aromatic amines is 1. The van der Waals surface area contributed by atoms with Crippen molar-refractivity contribution in [1.29, 1.82) is 0 Å². The third-order valence-electron chi connectivity index (χ3n) is 4.87. The number of piperidine rings is 2. The van der Waals surface area contributed by atoms with Crippen molar-refractivity contribution < 1.29 is 4.79 Å². The summed E-state index contributed by atoms with van der Waals surface area (Å²) in [6, 6.07) is 0. The molecule has 122 valence electrons. The van der Waals surface area contributed by atoms with Crippen molar-refractivity contribution in [2.75, 3.05) is 38.0 Å². The minimum atomic E-state index is -0.0370. The molecule has 3 rings (SSSR count). The van der Waals surface area contributed by atoms with E-state index in [-0.39, 0.29) is 5.91 Å². The standard InChI is InChI=1S/C16H27N5O/c1-12(22)19-15-9-18-20-16(15)14-3-2-8-21(11-14)10-13-4-6-17-7-5-13/h9,13-14,17H,2-8,10-11H2,1H3,(H,18,20)(H,19,22). The van der Waals surface area contributed by atoms with Gasteiger partial charge in [-0.3, -0.25) is 9.89 Å². The minimum absolute atomic E-state index is 0.0370. The maximum atomic E-state index is 11.3. The summed E-state index contributed by atoms with van der Waals surface area (Å²) in [6.45, 7) is 7.34. The van der Waals surface area contributed by atoms with Crippen LogP contribution in [0.4, 0.5) is 5.69 Å². The summed E-state index contributed by atoms with van der Waals surface area (Å²) in [5.41, 5.74) is 1.94. The largest absolute Gasteiger partial charge is 0.323 e. The predicted octanol–water partition coefficient (Wildman–Crippen LogP) is 1.55. The van der Waals surface area contributed by atoms with E-state index in [1.807, 2.05) is 0 Å². The van der Waals surface area contributed by atoms with Gasteiger partial charge >= 0.3 is 0 Å². The number of carbonyl (C=O) groups excluding carboxylic acids is 1. The number of rotatable bonds is 4. The lowest BCUT2D eigenvalue weighted by molar-refractivity contribution is -0.114. The summed E-state index contributed by atoms with van der Waals surface area (Å²) in [6.07, 6.45) is 6.69. The molecule has 6 heteroatoms. The smallest absolute Gasteiger partial charge is 0.221 e. The van der Waals surface area contributed by atoms with E-state index in [9.17, 15) is 4.79 Å². The first-order valence-corrected chi connectivity index (χ1v) is 8.46. The number of H-pyrrole nitrogens is 1. The van der Waals surface area contributed by atoms with Crippen molar-refractivity contribution in [3.8, 4) is 0 Å². The van der Waals surface area contributed by atoms with Gasteiger partial charge in [0.2, 0.25) is 5.91 Å². The number of amides is 1. The van der Waals surface area contributed by atoms with Crippen molar-refractivity contribution >= 4 is 11.6 Å². The molecule has 1 atom stereocenters. The fraction of sp³-hybridized carbons (Fsp3) is 0.750. The molecule has 2 saturated heterocycles. The third-order valence-corrected chi connectivity index (χ3v) is 4.87. The fourth-order valence-electron chi connectivity index (χ4n) is 3.78. The highest BCUT2D eigenvalue weighted by Crippen LogP contribution is 2.31. The Kier molecular flexibility index (Phi) is 5.10. The van der Waals surface area contributed by atoms with Gasteiger partial charge in [-0.1, -0.05) is 0 Å². The number of nitrogens with one attached hydrogen (secondary N) is 3. The van der Waals surface area contributed by atoms with E-state index >= 15 is 0 Å². The number of likely N-dealkylation sites (tertiary alicyclic amines) is 1. The van der Waals surface area contributed by atoms with E-state index in [2.05, 4.69) is 25.7 Å². The number of anilines is 1. The molecule has 0 bridgehead atoms. The molecule has 1 amide bonds. The summed E-state index contributed by atoms with van der Waals surface area (Å²) in [7, 11) is 0. The van der Waals surface area contributed by atoms with Gasteiger partial charge in [-0.25, -0.2) is 0 Å². The molecule has 3 N–H and O–H groups in total. The van der Waals surface area contributed by atoms with Gasteiger partial charge < -0.3 is 15.5 Å². The van der Waals surface area contributed by atoms with Crippen LogP contribution in [0.1, 0.15) is 44.2 Å². The second kappa shape index (κ2) is 7.24. The van der Waals surface area contributed by atoms with Gasteiger partial charge in [0.15, 0.2) is 0 Å². The lowest BCUT2D eigenvalue weighted by atomic mass is 9.91. The Bertz CT molecular complexity index is 494. The molecule has 0 spiro atoms. The highest BCUT2D eigenvalue weighted by atomic mass is 16.1. The lowest BCUT2D eigenvalue weighted by Gasteiger charge is -2.36. The van der Waals surface area contributed by atoms with Crippen LogP contribution in [0.15, 0.2) is 6.20 Å². The fourth-order valence-corrected chi connectivity index (χ4v) is 3.78. The van der Waals surface area contributed by atoms with Crippen molar-refractivity contribution in [3.63, 3.8) is 0 Å². The van der Waals surface area contributed by atoms with Crippen molar-refractivity contribution in [2.24, 2.45) is 5.92 Å². The Morgan fingerprint density at radius 1 is 1.41 bits per heavy atom. The molecule has 1 aromatic heterocycles. The molecule has 22 heavy (non-hydrogen) atoms. The van der Waals surface area contributed by atoms with Crippen LogP contribution in [0.5, 0.6) is 0 Å². The molecule has 0 aliphatic carbocycles. The van der Waals surface area contributed by atoms with Crippen LogP contribution in [-0.2, 0) is 4.79 Å². The van der Waals surface area contributed by atoms with Crippen LogP contribution in [0.3, 0.4) is 0 Å². The first-order valence-electron chi connectivity index (χ1n) is 8.46. The van der Waals surface area contributed by atoms with E-state index < -0.39 is 0 Å². The Balaban J connectivity index is 1.60. The summed E-state index contributed by atoms with van der Waals surface area (Å²) in [4.78, 5) is 13.9. The zero-order chi connectivity index (χ0) is 15.4. The van der Waals surface area contributed by atoms with Gasteiger partial charge in [0, 0.05) is 25.9 Å². The minimum Gasteiger partial charge on any atom is -0.323 e. The highest BCUT2D eigenvalue weighted by Gasteiger charge is 2.26. The molecule has 6 nitrogen and oxygen atoms in total. The summed E-state index contributed by atoms with van der Waals surface area (Å²) in [5, 5.41) is 13.6. The summed E-state index contributed by atoms with van der Waals surface area (Å²) >= 11 is 0. The molecule has 0 radical (unpaired) electrons. The molecule has 0 aromatic carbocycles. The molecule has 2 aliphatic heterocycles. The molecule has 1 unspecified atom stereocenters. The van der Waals surface area contributed by atoms with Gasteiger partial charge in [0.1, 0.15) is 0 Å². The van der Waals surface area contributed by atoms with Gasteiger partial charge in [-0.05, 0) is 51.2 Å². The average molecular weight is 305 g/mol. The number of carbonyl (C=O) groups is 1. The monoisotopic (exact) mass is 305 g/mol. The Labute approximate surface area is 132 Å². The van der Waals surface area contributed by atoms with Gasteiger partial charge in [0.05, 0.1) is 17.6 Å². The van der Waals surface area contributed by atoms with Crippen LogP contribution in [0.25, 0.3) is 0 Å². The SMILES string of the molecule is CC(=O)Nc1cn[nH]c1C1CCCN(CC2CCNCC2)C1. The van der Waals surface area contributed by atoms with Gasteiger partial charge in [-0.2, -0.15) is 5.10 Å². The van der Waals surface area contributed by atoms with Crippen molar-refractivity contribution in [2.45, 2.75) is 38.5 Å². The van der Waals surface area contributed by atoms with E-state index in [0.29, 0.717) is 5.92 Å². The number of hydrogen-bond donors (Lipinski definition) is 3. The number of hydrogen-bond acceptors (Lipinski definition) is 4. The van der Waals surface area contributed by atoms with Crippen molar-refractivity contribution in [3.05, 3.63) is 11.9 Å². The van der Waals surface area contributed by atoms with Crippen LogP contribution >= 0.6 is 0 Å². The second-order valence-corrected chi connectivity index (χ2v) is 6.67. The van der Waals surface area contributed by atoms with E-state index in [1.165, 1.54) is 32.4 Å². The van der Waals surface area contributed by atoms with E-state index in [0.717, 1.165) is 43.4 Å². The van der Waals surface area contributed by atoms with Crippen LogP contribution in [0.2, 0.25) is 0 Å². The van der Waals surface area contributed by atoms with Crippen LogP contribution in [0, 0.1) is 5.92 Å². The maximum absolute atomic E-state index is 11.3. The Hall–Kier alpha value is -1.40. The Morgan fingerprint density at radius 2 is 2.23 bits per heavy atom. The van der Waals surface area contributed by atoms with E-state index in [4.69, 9.17) is 0 Å². The van der Waals surface area contributed by atoms with E-state index in [1.54, 1.807) is 13.1 Å². The lowest BCUT2D eigenvalue weighted by Crippen LogP contribution is -2.40. The van der Waals surface area contributed by atoms with Crippen molar-refractivity contribution in [1.82, 2.24) is 20.4 Å². The molecular weight excluding hydrogens is 278 g/mol. The molecule has 2 aliphatic rings. The normalized spacial score (nSPS) is 24.3. The van der Waals surface area contributed by atoms with Gasteiger partial charge in [0.25, 0.3) is 0 Å². The topological polar surface area (TPSA) is 73.0 Å². The third kappa shape index (κ3) is 3.87. The second-order valence-electron chi connectivity index (χ2n) is 6.67. The number of aromatic nitrogens is 2. The van der Waals surface area contributed by atoms with Crippen LogP contribution in [-0.4, -0.2) is 53.7 Å². The summed E-state index contributed by atoms with van der Waals surface area (Å²) in [5.74, 6) is 1.24. The quantitative estimate of drug-likeness (QED) is 0.789. The molecular formula is C16H27N5O. The summed E-state index contributed by atoms with van der Waals surface area (Å²) < 4.78 is 0. The first kappa shape index (κ1) is 15.5. The molecule has 3 heterocycles. The number of nitrogens with zero attached hydrogens (tertiary/aromatic N) is 2. The van der Waals surface area contributed by atoms with Gasteiger partial charge in [-0.15, -0.1) is 0 Å².